The lowest BCUT2D eigenvalue weighted by Gasteiger charge is -2.19. The number of methoxy groups -OCH3 is 2. The Balaban J connectivity index is 1.80. The molecule has 0 N–H and O–H groups in total. The number of hydrogen-bond acceptors (Lipinski definition) is 4. The van der Waals surface area contributed by atoms with Gasteiger partial charge in [-0.3, -0.25) is 4.79 Å². The second-order valence-electron chi connectivity index (χ2n) is 6.20. The van der Waals surface area contributed by atoms with Gasteiger partial charge in [-0.05, 0) is 43.2 Å². The van der Waals surface area contributed by atoms with Crippen LogP contribution in [0.25, 0.3) is 0 Å². The van der Waals surface area contributed by atoms with E-state index in [-0.39, 0.29) is 5.91 Å². The summed E-state index contributed by atoms with van der Waals surface area (Å²) in [7, 11) is 5.03. The zero-order valence-electron chi connectivity index (χ0n) is 16.0. The summed E-state index contributed by atoms with van der Waals surface area (Å²) < 4.78 is 16.3. The fourth-order valence-electron chi connectivity index (χ4n) is 2.64. The molecule has 0 bridgehead atoms. The molecule has 0 aliphatic rings. The Kier molecular flexibility index (Phi) is 7.33. The molecule has 0 aromatic heterocycles. The monoisotopic (exact) mass is 357 g/mol. The van der Waals surface area contributed by atoms with E-state index in [2.05, 4.69) is 0 Å². The lowest BCUT2D eigenvalue weighted by molar-refractivity contribution is -0.130. The van der Waals surface area contributed by atoms with Crippen LogP contribution in [0.4, 0.5) is 0 Å². The van der Waals surface area contributed by atoms with Crippen molar-refractivity contribution in [2.24, 2.45) is 0 Å². The van der Waals surface area contributed by atoms with Crippen LogP contribution in [0.5, 0.6) is 17.2 Å². The highest BCUT2D eigenvalue weighted by molar-refractivity contribution is 5.75. The zero-order valence-corrected chi connectivity index (χ0v) is 16.0. The third kappa shape index (κ3) is 5.69. The van der Waals surface area contributed by atoms with Crippen LogP contribution in [0.1, 0.15) is 24.0 Å². The Labute approximate surface area is 155 Å². The predicted molar refractivity (Wildman–Crippen MR) is 102 cm³/mol. The van der Waals surface area contributed by atoms with E-state index in [1.54, 1.807) is 26.2 Å². The molecule has 26 heavy (non-hydrogen) atoms. The predicted octanol–water partition coefficient (Wildman–Crippen LogP) is 3.83. The molecule has 2 aromatic rings. The van der Waals surface area contributed by atoms with Crippen LogP contribution >= 0.6 is 0 Å². The molecule has 5 nitrogen and oxygen atoms in total. The van der Waals surface area contributed by atoms with Gasteiger partial charge in [-0.2, -0.15) is 0 Å². The summed E-state index contributed by atoms with van der Waals surface area (Å²) in [6.07, 6.45) is 1.12. The minimum absolute atomic E-state index is 0.0794. The van der Waals surface area contributed by atoms with Crippen LogP contribution in [-0.4, -0.2) is 38.7 Å². The number of benzene rings is 2. The number of aryl methyl sites for hydroxylation is 1. The summed E-state index contributed by atoms with van der Waals surface area (Å²) in [4.78, 5) is 14.0. The summed E-state index contributed by atoms with van der Waals surface area (Å²) in [5, 5.41) is 0. The van der Waals surface area contributed by atoms with Crippen LogP contribution in [0, 0.1) is 6.92 Å². The second kappa shape index (κ2) is 9.70. The second-order valence-corrected chi connectivity index (χ2v) is 6.20. The maximum absolute atomic E-state index is 12.3. The molecule has 140 valence electrons. The largest absolute Gasteiger partial charge is 0.497 e. The van der Waals surface area contributed by atoms with Gasteiger partial charge in [0.25, 0.3) is 0 Å². The van der Waals surface area contributed by atoms with Crippen molar-refractivity contribution in [3.05, 3.63) is 53.6 Å². The van der Waals surface area contributed by atoms with E-state index in [0.29, 0.717) is 31.7 Å². The molecule has 0 saturated heterocycles. The first-order valence-corrected chi connectivity index (χ1v) is 8.68. The molecular weight excluding hydrogens is 330 g/mol. The van der Waals surface area contributed by atoms with E-state index in [0.717, 1.165) is 22.6 Å². The molecule has 0 heterocycles. The number of hydrogen-bond donors (Lipinski definition) is 0. The Morgan fingerprint density at radius 1 is 1.04 bits per heavy atom. The SMILES string of the molecule is COc1ccc(CN(C)C(=O)CCCOc2cccc(C)c2)c(OC)c1. The number of amides is 1. The highest BCUT2D eigenvalue weighted by Crippen LogP contribution is 2.25. The van der Waals surface area contributed by atoms with Gasteiger partial charge < -0.3 is 19.1 Å². The normalized spacial score (nSPS) is 10.3. The minimum atomic E-state index is 0.0794. The first kappa shape index (κ1) is 19.6. The van der Waals surface area contributed by atoms with Gasteiger partial charge in [0.05, 0.1) is 20.8 Å². The number of nitrogens with zero attached hydrogens (tertiary/aromatic N) is 1. The Hall–Kier alpha value is -2.69. The highest BCUT2D eigenvalue weighted by Gasteiger charge is 2.13. The fraction of sp³-hybridized carbons (Fsp3) is 0.381. The van der Waals surface area contributed by atoms with E-state index in [1.165, 1.54) is 0 Å². The molecule has 0 spiro atoms. The van der Waals surface area contributed by atoms with Gasteiger partial charge in [0.1, 0.15) is 17.2 Å². The average molecular weight is 357 g/mol. The third-order valence-electron chi connectivity index (χ3n) is 4.12. The molecule has 0 atom stereocenters. The molecule has 0 saturated carbocycles. The van der Waals surface area contributed by atoms with Crippen molar-refractivity contribution in [1.29, 1.82) is 0 Å². The molecule has 1 amide bonds. The molecule has 0 aliphatic heterocycles. The van der Waals surface area contributed by atoms with Crippen LogP contribution < -0.4 is 14.2 Å². The van der Waals surface area contributed by atoms with Crippen molar-refractivity contribution in [1.82, 2.24) is 4.90 Å². The van der Waals surface area contributed by atoms with Gasteiger partial charge in [0, 0.05) is 31.6 Å². The summed E-state index contributed by atoms with van der Waals surface area (Å²) in [5.41, 5.74) is 2.10. The summed E-state index contributed by atoms with van der Waals surface area (Å²) in [5.74, 6) is 2.36. The average Bonchev–Trinajstić information content (AvgIpc) is 2.65. The Bertz CT molecular complexity index is 730. The van der Waals surface area contributed by atoms with Gasteiger partial charge in [-0.25, -0.2) is 0 Å². The minimum Gasteiger partial charge on any atom is -0.497 e. The molecule has 2 aromatic carbocycles. The summed E-state index contributed by atoms with van der Waals surface area (Å²) in [6, 6.07) is 13.5. The molecule has 2 rings (SSSR count). The van der Waals surface area contributed by atoms with Gasteiger partial charge in [0.15, 0.2) is 0 Å². The topological polar surface area (TPSA) is 48.0 Å². The highest BCUT2D eigenvalue weighted by atomic mass is 16.5. The van der Waals surface area contributed by atoms with E-state index >= 15 is 0 Å². The molecule has 0 fully saturated rings. The Morgan fingerprint density at radius 3 is 2.54 bits per heavy atom. The summed E-state index contributed by atoms with van der Waals surface area (Å²) in [6.45, 7) is 3.04. The first-order chi connectivity index (χ1) is 12.5. The first-order valence-electron chi connectivity index (χ1n) is 8.68. The zero-order chi connectivity index (χ0) is 18.9. The van der Waals surface area contributed by atoms with Crippen LogP contribution in [0.15, 0.2) is 42.5 Å². The van der Waals surface area contributed by atoms with E-state index < -0.39 is 0 Å². The standard InChI is InChI=1S/C21H27NO4/c1-16-7-5-8-19(13-16)26-12-6-9-21(23)22(2)15-17-10-11-18(24-3)14-20(17)25-4/h5,7-8,10-11,13-14H,6,9,12,15H2,1-4H3. The van der Waals surface area contributed by atoms with E-state index in [1.807, 2.05) is 49.4 Å². The van der Waals surface area contributed by atoms with Gasteiger partial charge in [0.2, 0.25) is 5.91 Å². The number of carbonyl (C=O) groups excluding carboxylic acids is 1. The number of carbonyl (C=O) groups is 1. The maximum Gasteiger partial charge on any atom is 0.222 e. The third-order valence-corrected chi connectivity index (χ3v) is 4.12. The van der Waals surface area contributed by atoms with Gasteiger partial charge in [-0.1, -0.05) is 12.1 Å². The molecular formula is C21H27NO4. The van der Waals surface area contributed by atoms with Crippen LogP contribution in [0.2, 0.25) is 0 Å². The van der Waals surface area contributed by atoms with Crippen molar-refractivity contribution in [3.8, 4) is 17.2 Å². The van der Waals surface area contributed by atoms with Crippen molar-refractivity contribution in [3.63, 3.8) is 0 Å². The molecule has 0 radical (unpaired) electrons. The van der Waals surface area contributed by atoms with Crippen molar-refractivity contribution in [2.45, 2.75) is 26.3 Å². The van der Waals surface area contributed by atoms with Crippen molar-refractivity contribution in [2.75, 3.05) is 27.9 Å². The smallest absolute Gasteiger partial charge is 0.222 e. The number of rotatable bonds is 9. The molecule has 0 unspecified atom stereocenters. The quantitative estimate of drug-likeness (QED) is 0.640. The van der Waals surface area contributed by atoms with E-state index in [4.69, 9.17) is 14.2 Å². The Morgan fingerprint density at radius 2 is 1.85 bits per heavy atom. The van der Waals surface area contributed by atoms with Gasteiger partial charge >= 0.3 is 0 Å². The maximum atomic E-state index is 12.3. The molecule has 0 aliphatic carbocycles. The lowest BCUT2D eigenvalue weighted by atomic mass is 10.1. The molecule has 5 heteroatoms. The van der Waals surface area contributed by atoms with Gasteiger partial charge in [-0.15, -0.1) is 0 Å². The lowest BCUT2D eigenvalue weighted by Crippen LogP contribution is -2.26. The van der Waals surface area contributed by atoms with Crippen molar-refractivity contribution >= 4 is 5.91 Å². The van der Waals surface area contributed by atoms with Crippen LogP contribution in [0.3, 0.4) is 0 Å². The van der Waals surface area contributed by atoms with Crippen molar-refractivity contribution < 1.29 is 19.0 Å². The number of ether oxygens (including phenoxy) is 3. The summed E-state index contributed by atoms with van der Waals surface area (Å²) >= 11 is 0. The van der Waals surface area contributed by atoms with E-state index in [9.17, 15) is 4.79 Å². The fourth-order valence-corrected chi connectivity index (χ4v) is 2.64. The van der Waals surface area contributed by atoms with Crippen LogP contribution in [-0.2, 0) is 11.3 Å².